The van der Waals surface area contributed by atoms with Crippen molar-refractivity contribution >= 4 is 75.3 Å². The zero-order valence-electron chi connectivity index (χ0n) is 24.8. The third-order valence-corrected chi connectivity index (χ3v) is 11.2. The minimum atomic E-state index is -1.18. The second-order valence-electron chi connectivity index (χ2n) is 11.4. The van der Waals surface area contributed by atoms with Gasteiger partial charge in [0.1, 0.15) is 6.73 Å². The fourth-order valence-electron chi connectivity index (χ4n) is 4.74. The number of ether oxygens (including phenoxy) is 2. The van der Waals surface area contributed by atoms with Gasteiger partial charge in [0.05, 0.1) is 16.8 Å². The molecule has 0 radical (unpaired) electrons. The van der Waals surface area contributed by atoms with Gasteiger partial charge in [-0.2, -0.15) is 4.99 Å². The van der Waals surface area contributed by atoms with Crippen LogP contribution < -0.4 is 9.70 Å². The minimum Gasteiger partial charge on any atom is -0.461 e. The highest BCUT2D eigenvalue weighted by Crippen LogP contribution is 2.39. The Labute approximate surface area is 260 Å². The van der Waals surface area contributed by atoms with Crippen LogP contribution in [0.4, 0.5) is 16.8 Å². The first-order chi connectivity index (χ1) is 20.2. The van der Waals surface area contributed by atoms with Crippen LogP contribution in [0.15, 0.2) is 29.3 Å². The van der Waals surface area contributed by atoms with Crippen LogP contribution in [0, 0.1) is 6.92 Å². The lowest BCUT2D eigenvalue weighted by atomic mass is 10.1. The Balaban J connectivity index is 1.46. The number of halogens is 1. The zero-order chi connectivity index (χ0) is 29.9. The molecule has 0 aliphatic carbocycles. The summed E-state index contributed by atoms with van der Waals surface area (Å²) >= 11 is 9.06. The van der Waals surface area contributed by atoms with Crippen LogP contribution >= 0.6 is 34.3 Å². The smallest absolute Gasteiger partial charge is 0.358 e. The third kappa shape index (κ3) is 6.78. The van der Waals surface area contributed by atoms with E-state index in [2.05, 4.69) is 53.5 Å². The van der Waals surface area contributed by atoms with Gasteiger partial charge < -0.3 is 14.4 Å². The van der Waals surface area contributed by atoms with Crippen molar-refractivity contribution in [2.75, 3.05) is 30.5 Å². The molecule has 0 spiro atoms. The van der Waals surface area contributed by atoms with E-state index in [1.807, 2.05) is 17.0 Å². The van der Waals surface area contributed by atoms with Gasteiger partial charge in [0.2, 0.25) is 0 Å². The average Bonchev–Trinajstić information content (AvgIpc) is 3.66. The van der Waals surface area contributed by atoms with Gasteiger partial charge in [0.15, 0.2) is 27.3 Å². The Kier molecular flexibility index (Phi) is 9.78. The molecule has 0 amide bonds. The summed E-state index contributed by atoms with van der Waals surface area (Å²) in [6, 6.07) is 9.41. The maximum absolute atomic E-state index is 12.6. The van der Waals surface area contributed by atoms with Crippen molar-refractivity contribution in [3.05, 3.63) is 50.8 Å². The molecule has 0 fully saturated rings. The molecule has 0 unspecified atom stereocenters. The highest BCUT2D eigenvalue weighted by molar-refractivity contribution is 7.16. The first-order valence-corrected chi connectivity index (χ1v) is 20.1. The third-order valence-electron chi connectivity index (χ3n) is 7.07. The molecular weight excluding hydrogens is 608 g/mol. The summed E-state index contributed by atoms with van der Waals surface area (Å²) in [5, 5.41) is 9.91. The number of rotatable bonds is 12. The number of carbonyl (C=O) groups excluding carboxylic acids is 1. The molecule has 3 aromatic heterocycles. The van der Waals surface area contributed by atoms with Crippen molar-refractivity contribution in [3.63, 3.8) is 0 Å². The lowest BCUT2D eigenvalue weighted by Crippen LogP contribution is -2.23. The molecule has 1 aromatic carbocycles. The van der Waals surface area contributed by atoms with Crippen LogP contribution in [0.5, 0.6) is 0 Å². The molecule has 4 aromatic rings. The van der Waals surface area contributed by atoms with E-state index in [-0.39, 0.29) is 0 Å². The van der Waals surface area contributed by atoms with E-state index in [0.717, 1.165) is 67.5 Å². The number of para-hydroxylation sites is 1. The Hall–Kier alpha value is -2.64. The van der Waals surface area contributed by atoms with Gasteiger partial charge in [-0.25, -0.2) is 9.78 Å². The molecule has 9 nitrogen and oxygen atoms in total. The predicted molar refractivity (Wildman–Crippen MR) is 174 cm³/mol. The maximum Gasteiger partial charge on any atom is 0.358 e. The fraction of sp³-hybridized carbons (Fsp3) is 0.483. The number of thiazole rings is 2. The zero-order valence-corrected chi connectivity index (χ0v) is 28.2. The van der Waals surface area contributed by atoms with Crippen molar-refractivity contribution < 1.29 is 14.3 Å². The molecular formula is C29H37ClN6O3S2Si. The van der Waals surface area contributed by atoms with E-state index in [0.29, 0.717) is 43.7 Å². The molecule has 224 valence electrons. The molecule has 0 saturated carbocycles. The quantitative estimate of drug-likeness (QED) is 0.0721. The van der Waals surface area contributed by atoms with Crippen LogP contribution in [0.25, 0.3) is 10.2 Å². The monoisotopic (exact) mass is 644 g/mol. The van der Waals surface area contributed by atoms with Gasteiger partial charge in [0.25, 0.3) is 0 Å². The number of carbonyl (C=O) groups is 1. The molecule has 0 N–H and O–H groups in total. The number of hydrogen-bond donors (Lipinski definition) is 0. The minimum absolute atomic E-state index is 0.300. The number of benzene rings is 1. The number of nitrogens with zero attached hydrogens (tertiary/aromatic N) is 6. The summed E-state index contributed by atoms with van der Waals surface area (Å²) in [6.07, 6.45) is 2.23. The SMILES string of the molecule is CCOC(=O)c1nc(N2CCc3c2nnc(/N=c2\sc4ccccc4n2COCC[Si](C)(C)C)c3C)sc1CCCCl. The van der Waals surface area contributed by atoms with Gasteiger partial charge in [-0.1, -0.05) is 43.1 Å². The number of esters is 1. The topological polar surface area (TPSA) is 94.7 Å². The highest BCUT2D eigenvalue weighted by atomic mass is 35.5. The summed E-state index contributed by atoms with van der Waals surface area (Å²) in [5.41, 5.74) is 3.56. The lowest BCUT2D eigenvalue weighted by Gasteiger charge is -2.16. The summed E-state index contributed by atoms with van der Waals surface area (Å²) in [5.74, 6) is 1.48. The molecule has 4 heterocycles. The molecule has 0 bridgehead atoms. The van der Waals surface area contributed by atoms with Crippen molar-refractivity contribution in [1.29, 1.82) is 0 Å². The first kappa shape index (κ1) is 30.8. The molecule has 42 heavy (non-hydrogen) atoms. The Morgan fingerprint density at radius 3 is 2.76 bits per heavy atom. The summed E-state index contributed by atoms with van der Waals surface area (Å²) < 4.78 is 14.7. The van der Waals surface area contributed by atoms with Crippen LogP contribution in [-0.4, -0.2) is 59.4 Å². The van der Waals surface area contributed by atoms with Gasteiger partial charge in [-0.3, -0.25) is 4.57 Å². The van der Waals surface area contributed by atoms with Gasteiger partial charge >= 0.3 is 5.97 Å². The van der Waals surface area contributed by atoms with E-state index in [1.165, 1.54) is 11.3 Å². The van der Waals surface area contributed by atoms with E-state index in [1.54, 1.807) is 18.3 Å². The van der Waals surface area contributed by atoms with Crippen molar-refractivity contribution in [3.8, 4) is 0 Å². The molecule has 0 saturated heterocycles. The van der Waals surface area contributed by atoms with Crippen molar-refractivity contribution in [2.24, 2.45) is 4.99 Å². The standard InChI is InChI=1S/C29H37ClN6O3S2Si/c1-6-39-27(37)24-23(12-9-14-30)41-28(31-24)35-15-13-20-19(2)25(33-34-26(20)35)32-29-36(18-38-16-17-42(3,4)5)21-10-7-8-11-22(21)40-29/h7-8,10-11H,6,9,12-18H2,1-5H3/b32-29-. The van der Waals surface area contributed by atoms with Gasteiger partial charge in [-0.15, -0.1) is 33.1 Å². The number of alkyl halides is 1. The van der Waals surface area contributed by atoms with Crippen LogP contribution in [0.3, 0.4) is 0 Å². The van der Waals surface area contributed by atoms with Gasteiger partial charge in [0, 0.05) is 43.1 Å². The van der Waals surface area contributed by atoms with E-state index in [9.17, 15) is 4.79 Å². The number of fused-ring (bicyclic) bond motifs is 2. The Morgan fingerprint density at radius 2 is 2.00 bits per heavy atom. The predicted octanol–water partition coefficient (Wildman–Crippen LogP) is 6.84. The average molecular weight is 645 g/mol. The molecule has 1 aliphatic rings. The number of aryl methyl sites for hydroxylation is 1. The summed E-state index contributed by atoms with van der Waals surface area (Å²) in [6.45, 7) is 13.1. The second-order valence-corrected chi connectivity index (χ2v) is 19.4. The van der Waals surface area contributed by atoms with Crippen LogP contribution in [0.1, 0.15) is 39.8 Å². The highest BCUT2D eigenvalue weighted by Gasteiger charge is 2.30. The molecule has 1 aliphatic heterocycles. The van der Waals surface area contributed by atoms with Gasteiger partial charge in [-0.05, 0) is 51.3 Å². The maximum atomic E-state index is 12.6. The first-order valence-electron chi connectivity index (χ1n) is 14.3. The molecule has 0 atom stereocenters. The lowest BCUT2D eigenvalue weighted by molar-refractivity contribution is 0.0519. The Morgan fingerprint density at radius 1 is 1.19 bits per heavy atom. The van der Waals surface area contributed by atoms with Crippen molar-refractivity contribution in [1.82, 2.24) is 19.7 Å². The number of hydrogen-bond acceptors (Lipinski definition) is 10. The van der Waals surface area contributed by atoms with Crippen molar-refractivity contribution in [2.45, 2.75) is 65.5 Å². The Bertz CT molecular complexity index is 1640. The van der Waals surface area contributed by atoms with Crippen LogP contribution in [-0.2, 0) is 29.0 Å². The largest absolute Gasteiger partial charge is 0.461 e. The van der Waals surface area contributed by atoms with E-state index in [4.69, 9.17) is 31.1 Å². The van der Waals surface area contributed by atoms with Crippen LogP contribution in [0.2, 0.25) is 25.7 Å². The number of aromatic nitrogens is 4. The summed E-state index contributed by atoms with van der Waals surface area (Å²) in [4.78, 5) is 26.1. The molecule has 5 rings (SSSR count). The molecule has 13 heteroatoms. The summed E-state index contributed by atoms with van der Waals surface area (Å²) in [7, 11) is -1.18. The second kappa shape index (κ2) is 13.3. The van der Waals surface area contributed by atoms with E-state index >= 15 is 0 Å². The number of anilines is 2. The van der Waals surface area contributed by atoms with E-state index < -0.39 is 14.0 Å². The normalized spacial score (nSPS) is 13.8. The fourth-order valence-corrected chi connectivity index (χ4v) is 7.76.